The van der Waals surface area contributed by atoms with Gasteiger partial charge in [0.25, 0.3) is 0 Å². The molecule has 1 aromatic rings. The molecule has 3 N–H and O–H groups in total. The Kier molecular flexibility index (Phi) is 4.21. The van der Waals surface area contributed by atoms with E-state index in [1.807, 2.05) is 26.0 Å². The maximum Gasteiger partial charge on any atom is 0.308 e. The molecule has 1 aromatic carbocycles. The number of anilines is 1. The molecule has 1 aliphatic rings. The number of aliphatic carboxylic acids is 1. The van der Waals surface area contributed by atoms with E-state index in [4.69, 9.17) is 10.8 Å². The molecule has 2 rings (SSSR count). The first kappa shape index (κ1) is 15.4. The van der Waals surface area contributed by atoms with Crippen molar-refractivity contribution < 1.29 is 14.7 Å². The zero-order chi connectivity index (χ0) is 15.6. The van der Waals surface area contributed by atoms with Crippen LogP contribution in [0.2, 0.25) is 0 Å². The van der Waals surface area contributed by atoms with Gasteiger partial charge < -0.3 is 15.7 Å². The molecule has 1 heterocycles. The number of hydrogen-bond acceptors (Lipinski definition) is 3. The number of benzene rings is 1. The van der Waals surface area contributed by atoms with Crippen LogP contribution in [0.3, 0.4) is 0 Å². The molecular weight excluding hydrogens is 268 g/mol. The molecule has 0 radical (unpaired) electrons. The molecule has 0 spiro atoms. The second kappa shape index (κ2) is 5.76. The van der Waals surface area contributed by atoms with Crippen LogP contribution in [0.1, 0.15) is 32.3 Å². The highest BCUT2D eigenvalue weighted by Gasteiger charge is 2.37. The molecule has 1 saturated heterocycles. The summed E-state index contributed by atoms with van der Waals surface area (Å²) in [6.07, 6.45) is 1.38. The Labute approximate surface area is 124 Å². The molecule has 0 unspecified atom stereocenters. The molecule has 0 saturated carbocycles. The summed E-state index contributed by atoms with van der Waals surface area (Å²) in [7, 11) is 0. The van der Waals surface area contributed by atoms with Crippen LogP contribution < -0.4 is 5.73 Å². The van der Waals surface area contributed by atoms with Gasteiger partial charge in [0.05, 0.1) is 11.3 Å². The van der Waals surface area contributed by atoms with Gasteiger partial charge in [0.15, 0.2) is 0 Å². The van der Waals surface area contributed by atoms with E-state index in [1.165, 1.54) is 0 Å². The lowest BCUT2D eigenvalue weighted by Crippen LogP contribution is -2.49. The summed E-state index contributed by atoms with van der Waals surface area (Å²) in [5, 5.41) is 9.14. The molecule has 1 aliphatic heterocycles. The summed E-state index contributed by atoms with van der Waals surface area (Å²) < 4.78 is 0. The molecular formula is C16H22N2O3. The summed E-state index contributed by atoms with van der Waals surface area (Å²) >= 11 is 0. The van der Waals surface area contributed by atoms with Crippen LogP contribution >= 0.6 is 0 Å². The number of hydrogen-bond donors (Lipinski definition) is 2. The number of nitrogens with zero attached hydrogens (tertiary/aromatic N) is 1. The van der Waals surface area contributed by atoms with E-state index in [9.17, 15) is 9.59 Å². The molecule has 1 amide bonds. The number of likely N-dealkylation sites (tertiary alicyclic amines) is 1. The third kappa shape index (κ3) is 3.17. The van der Waals surface area contributed by atoms with Crippen LogP contribution in [0.4, 0.5) is 5.69 Å². The van der Waals surface area contributed by atoms with Crippen LogP contribution in [-0.4, -0.2) is 35.0 Å². The Hall–Kier alpha value is -2.04. The number of carboxylic acids is 1. The zero-order valence-corrected chi connectivity index (χ0v) is 12.5. The number of piperidine rings is 1. The van der Waals surface area contributed by atoms with E-state index in [0.29, 0.717) is 25.2 Å². The number of amides is 1. The van der Waals surface area contributed by atoms with Gasteiger partial charge >= 0.3 is 5.97 Å². The molecule has 1 fully saturated rings. The van der Waals surface area contributed by atoms with Gasteiger partial charge in [0.1, 0.15) is 0 Å². The lowest BCUT2D eigenvalue weighted by atomic mass is 9.82. The van der Waals surface area contributed by atoms with Gasteiger partial charge in [-0.2, -0.15) is 0 Å². The topological polar surface area (TPSA) is 83.6 Å². The lowest BCUT2D eigenvalue weighted by molar-refractivity contribution is -0.147. The second-order valence-corrected chi connectivity index (χ2v) is 6.18. The molecule has 5 heteroatoms. The minimum absolute atomic E-state index is 0.0294. The predicted octanol–water partition coefficient (Wildman–Crippen LogP) is 1.87. The standard InChI is InChI=1S/C16H22N2O3/c1-16(2,12-5-7-13(17)8-6-12)15(21)18-9-3-4-11(10-18)14(19)20/h5-8,11H,3-4,9-10,17H2,1-2H3,(H,19,20)/t11-/m1/s1. The quantitative estimate of drug-likeness (QED) is 0.832. The normalized spacial score (nSPS) is 19.3. The third-order valence-corrected chi connectivity index (χ3v) is 4.22. The maximum absolute atomic E-state index is 12.8. The first-order valence-corrected chi connectivity index (χ1v) is 7.20. The molecule has 0 aliphatic carbocycles. The van der Waals surface area contributed by atoms with E-state index in [-0.39, 0.29) is 5.91 Å². The van der Waals surface area contributed by atoms with E-state index in [0.717, 1.165) is 12.0 Å². The Morgan fingerprint density at radius 1 is 1.29 bits per heavy atom. The zero-order valence-electron chi connectivity index (χ0n) is 12.5. The Morgan fingerprint density at radius 2 is 1.90 bits per heavy atom. The molecule has 0 aromatic heterocycles. The highest BCUT2D eigenvalue weighted by molar-refractivity contribution is 5.88. The number of nitrogen functional groups attached to an aromatic ring is 1. The smallest absolute Gasteiger partial charge is 0.308 e. The largest absolute Gasteiger partial charge is 0.481 e. The highest BCUT2D eigenvalue weighted by atomic mass is 16.4. The van der Waals surface area contributed by atoms with Gasteiger partial charge in [-0.3, -0.25) is 9.59 Å². The SMILES string of the molecule is CC(C)(C(=O)N1CCC[C@@H](C(=O)O)C1)c1ccc(N)cc1. The van der Waals surface area contributed by atoms with Crippen molar-refractivity contribution in [1.82, 2.24) is 4.90 Å². The number of nitrogens with two attached hydrogens (primary N) is 1. The highest BCUT2D eigenvalue weighted by Crippen LogP contribution is 2.29. The fourth-order valence-corrected chi connectivity index (χ4v) is 2.78. The lowest BCUT2D eigenvalue weighted by Gasteiger charge is -2.36. The Morgan fingerprint density at radius 3 is 2.48 bits per heavy atom. The summed E-state index contributed by atoms with van der Waals surface area (Å²) in [5.41, 5.74) is 6.54. The van der Waals surface area contributed by atoms with Crippen LogP contribution in [-0.2, 0) is 15.0 Å². The van der Waals surface area contributed by atoms with Crippen LogP contribution in [0.25, 0.3) is 0 Å². The molecule has 21 heavy (non-hydrogen) atoms. The maximum atomic E-state index is 12.8. The number of rotatable bonds is 3. The van der Waals surface area contributed by atoms with Crippen molar-refractivity contribution in [2.24, 2.45) is 5.92 Å². The van der Waals surface area contributed by atoms with Crippen molar-refractivity contribution in [1.29, 1.82) is 0 Å². The van der Waals surface area contributed by atoms with Gasteiger partial charge in [-0.25, -0.2) is 0 Å². The summed E-state index contributed by atoms with van der Waals surface area (Å²) in [6, 6.07) is 7.26. The van der Waals surface area contributed by atoms with Gasteiger partial charge in [-0.1, -0.05) is 12.1 Å². The molecule has 1 atom stereocenters. The van der Waals surface area contributed by atoms with Crippen molar-refractivity contribution in [3.63, 3.8) is 0 Å². The van der Waals surface area contributed by atoms with E-state index in [2.05, 4.69) is 0 Å². The van der Waals surface area contributed by atoms with Crippen molar-refractivity contribution in [3.8, 4) is 0 Å². The number of carboxylic acid groups (broad SMARTS) is 1. The van der Waals surface area contributed by atoms with Gasteiger partial charge in [0.2, 0.25) is 5.91 Å². The predicted molar refractivity (Wildman–Crippen MR) is 80.8 cm³/mol. The third-order valence-electron chi connectivity index (χ3n) is 4.22. The minimum Gasteiger partial charge on any atom is -0.481 e. The van der Waals surface area contributed by atoms with Gasteiger partial charge in [0, 0.05) is 18.8 Å². The van der Waals surface area contributed by atoms with Crippen molar-refractivity contribution in [3.05, 3.63) is 29.8 Å². The average Bonchev–Trinajstić information content (AvgIpc) is 2.47. The molecule has 114 valence electrons. The summed E-state index contributed by atoms with van der Waals surface area (Å²) in [4.78, 5) is 25.6. The fourth-order valence-electron chi connectivity index (χ4n) is 2.78. The van der Waals surface area contributed by atoms with Crippen LogP contribution in [0.5, 0.6) is 0 Å². The van der Waals surface area contributed by atoms with Crippen molar-refractivity contribution in [2.45, 2.75) is 32.1 Å². The first-order valence-electron chi connectivity index (χ1n) is 7.20. The summed E-state index contributed by atoms with van der Waals surface area (Å²) in [5.74, 6) is -1.30. The first-order chi connectivity index (χ1) is 9.82. The fraction of sp³-hybridized carbons (Fsp3) is 0.500. The molecule has 0 bridgehead atoms. The number of carbonyl (C=O) groups excluding carboxylic acids is 1. The number of carbonyl (C=O) groups is 2. The van der Waals surface area contributed by atoms with Crippen molar-refractivity contribution in [2.75, 3.05) is 18.8 Å². The Bertz CT molecular complexity index is 537. The van der Waals surface area contributed by atoms with Crippen LogP contribution in [0.15, 0.2) is 24.3 Å². The second-order valence-electron chi connectivity index (χ2n) is 6.18. The average molecular weight is 290 g/mol. The van der Waals surface area contributed by atoms with Gasteiger partial charge in [-0.15, -0.1) is 0 Å². The van der Waals surface area contributed by atoms with E-state index < -0.39 is 17.3 Å². The van der Waals surface area contributed by atoms with Gasteiger partial charge in [-0.05, 0) is 44.4 Å². The van der Waals surface area contributed by atoms with E-state index in [1.54, 1.807) is 17.0 Å². The Balaban J connectivity index is 2.17. The van der Waals surface area contributed by atoms with E-state index >= 15 is 0 Å². The van der Waals surface area contributed by atoms with Crippen LogP contribution in [0, 0.1) is 5.92 Å². The minimum atomic E-state index is -0.821. The monoisotopic (exact) mass is 290 g/mol. The molecule has 5 nitrogen and oxygen atoms in total. The van der Waals surface area contributed by atoms with Crippen molar-refractivity contribution >= 4 is 17.6 Å². The summed E-state index contributed by atoms with van der Waals surface area (Å²) in [6.45, 7) is 4.66.